The van der Waals surface area contributed by atoms with Gasteiger partial charge in [-0.3, -0.25) is 0 Å². The second-order valence-electron chi connectivity index (χ2n) is 4.61. The van der Waals surface area contributed by atoms with Crippen LogP contribution in [0.25, 0.3) is 0 Å². The van der Waals surface area contributed by atoms with Crippen LogP contribution in [0, 0.1) is 0 Å². The van der Waals surface area contributed by atoms with E-state index in [1.807, 2.05) is 0 Å². The summed E-state index contributed by atoms with van der Waals surface area (Å²) in [4.78, 5) is 0.179. The van der Waals surface area contributed by atoms with Crippen LogP contribution in [0.5, 0.6) is 0 Å². The van der Waals surface area contributed by atoms with Gasteiger partial charge in [0, 0.05) is 18.5 Å². The summed E-state index contributed by atoms with van der Waals surface area (Å²) in [6.45, 7) is 0.0329. The minimum Gasteiger partial charge on any atom is -0.207 e. The molecule has 3 nitrogen and oxygen atoms in total. The monoisotopic (exact) mass is 447 g/mol. The fraction of sp³-hybridized carbons (Fsp3) is 0.231. The second kappa shape index (κ2) is 6.72. The van der Waals surface area contributed by atoms with Crippen LogP contribution in [-0.4, -0.2) is 19.8 Å². The Morgan fingerprint density at radius 2 is 1.91 bits per heavy atom. The number of rotatable bonds is 4. The van der Waals surface area contributed by atoms with E-state index in [0.717, 1.165) is 25.1 Å². The zero-order valence-corrected chi connectivity index (χ0v) is 15.5. The number of hydrogen-bond donors (Lipinski definition) is 0. The normalized spacial score (nSPS) is 12.8. The summed E-state index contributed by atoms with van der Waals surface area (Å²) in [6.07, 6.45) is -4.65. The summed E-state index contributed by atoms with van der Waals surface area (Å²) in [5, 5.41) is -0.253. The maximum Gasteiger partial charge on any atom is 0.416 e. The van der Waals surface area contributed by atoms with Crippen molar-refractivity contribution in [2.24, 2.45) is 0 Å². The SMILES string of the molecule is CN(Cc1ccc(Br)s1)S(=O)(=O)c1cc(C(F)(F)F)ccc1Cl. The fourth-order valence-electron chi connectivity index (χ4n) is 1.79. The van der Waals surface area contributed by atoms with E-state index in [4.69, 9.17) is 11.6 Å². The Kier molecular flexibility index (Phi) is 5.47. The molecule has 0 amide bonds. The standard InChI is InChI=1S/C13H10BrClF3NO2S2/c1-19(7-9-3-5-12(14)22-9)23(20,21)11-6-8(13(16,17)18)2-4-10(11)15/h2-6H,7H2,1H3. The van der Waals surface area contributed by atoms with Gasteiger partial charge in [0.1, 0.15) is 4.90 Å². The Labute approximate surface area is 148 Å². The number of halogens is 5. The van der Waals surface area contributed by atoms with Gasteiger partial charge in [0.25, 0.3) is 0 Å². The summed E-state index contributed by atoms with van der Waals surface area (Å²) in [5.74, 6) is 0. The molecule has 1 aromatic heterocycles. The van der Waals surface area contributed by atoms with Crippen molar-refractivity contribution in [1.29, 1.82) is 0 Å². The third-order valence-corrected chi connectivity index (χ3v) is 6.85. The highest BCUT2D eigenvalue weighted by atomic mass is 79.9. The van der Waals surface area contributed by atoms with Gasteiger partial charge in [0.15, 0.2) is 0 Å². The van der Waals surface area contributed by atoms with Crippen LogP contribution in [0.2, 0.25) is 5.02 Å². The highest BCUT2D eigenvalue weighted by Crippen LogP contribution is 2.34. The van der Waals surface area contributed by atoms with Gasteiger partial charge in [-0.15, -0.1) is 11.3 Å². The molecule has 10 heteroatoms. The molecule has 23 heavy (non-hydrogen) atoms. The molecule has 0 bridgehead atoms. The van der Waals surface area contributed by atoms with E-state index in [2.05, 4.69) is 15.9 Å². The first kappa shape index (κ1) is 18.7. The highest BCUT2D eigenvalue weighted by Gasteiger charge is 2.33. The van der Waals surface area contributed by atoms with Crippen LogP contribution in [0.1, 0.15) is 10.4 Å². The Hall–Kier alpha value is -0.610. The molecule has 0 radical (unpaired) electrons. The van der Waals surface area contributed by atoms with Crippen molar-refractivity contribution in [2.45, 2.75) is 17.6 Å². The van der Waals surface area contributed by atoms with Gasteiger partial charge in [-0.2, -0.15) is 17.5 Å². The molecule has 0 saturated carbocycles. The lowest BCUT2D eigenvalue weighted by Gasteiger charge is -2.18. The zero-order chi connectivity index (χ0) is 17.4. The van der Waals surface area contributed by atoms with Crippen molar-refractivity contribution in [3.8, 4) is 0 Å². The van der Waals surface area contributed by atoms with Gasteiger partial charge < -0.3 is 0 Å². The summed E-state index contributed by atoms with van der Waals surface area (Å²) in [7, 11) is -2.86. The summed E-state index contributed by atoms with van der Waals surface area (Å²) < 4.78 is 65.2. The number of benzene rings is 1. The first-order valence-electron chi connectivity index (χ1n) is 6.09. The lowest BCUT2D eigenvalue weighted by Crippen LogP contribution is -2.26. The molecular weight excluding hydrogens is 439 g/mol. The topological polar surface area (TPSA) is 37.4 Å². The number of alkyl halides is 3. The predicted octanol–water partition coefficient (Wildman–Crippen LogP) is 5.00. The summed E-state index contributed by atoms with van der Waals surface area (Å²) >= 11 is 10.4. The molecule has 1 aromatic carbocycles. The molecule has 0 aliphatic heterocycles. The van der Waals surface area contributed by atoms with Gasteiger partial charge in [-0.05, 0) is 46.3 Å². The van der Waals surface area contributed by atoms with E-state index < -0.39 is 26.7 Å². The molecule has 0 fully saturated rings. The Balaban J connectivity index is 2.38. The van der Waals surface area contributed by atoms with Crippen molar-refractivity contribution < 1.29 is 21.6 Å². The third-order valence-electron chi connectivity index (χ3n) is 2.95. The maximum absolute atomic E-state index is 12.8. The average Bonchev–Trinajstić information content (AvgIpc) is 2.83. The molecule has 0 atom stereocenters. The minimum absolute atomic E-state index is 0.0329. The molecule has 0 N–H and O–H groups in total. The first-order chi connectivity index (χ1) is 10.5. The lowest BCUT2D eigenvalue weighted by molar-refractivity contribution is -0.137. The molecule has 0 spiro atoms. The predicted molar refractivity (Wildman–Crippen MR) is 87.1 cm³/mol. The van der Waals surface area contributed by atoms with Crippen LogP contribution in [-0.2, 0) is 22.7 Å². The summed E-state index contributed by atoms with van der Waals surface area (Å²) in [5.41, 5.74) is -1.06. The molecule has 0 saturated heterocycles. The molecule has 1 heterocycles. The van der Waals surface area contributed by atoms with E-state index in [1.54, 1.807) is 12.1 Å². The smallest absolute Gasteiger partial charge is 0.207 e. The first-order valence-corrected chi connectivity index (χ1v) is 9.52. The minimum atomic E-state index is -4.65. The Bertz CT molecular complexity index is 821. The van der Waals surface area contributed by atoms with Gasteiger partial charge >= 0.3 is 6.18 Å². The number of hydrogen-bond acceptors (Lipinski definition) is 3. The van der Waals surface area contributed by atoms with Crippen molar-refractivity contribution in [2.75, 3.05) is 7.05 Å². The Morgan fingerprint density at radius 3 is 2.43 bits per heavy atom. The molecule has 0 aliphatic rings. The lowest BCUT2D eigenvalue weighted by atomic mass is 10.2. The third kappa shape index (κ3) is 4.27. The van der Waals surface area contributed by atoms with Crippen LogP contribution < -0.4 is 0 Å². The van der Waals surface area contributed by atoms with Gasteiger partial charge in [-0.1, -0.05) is 11.6 Å². The quantitative estimate of drug-likeness (QED) is 0.660. The van der Waals surface area contributed by atoms with Gasteiger partial charge in [-0.25, -0.2) is 8.42 Å². The van der Waals surface area contributed by atoms with Gasteiger partial charge in [0.2, 0.25) is 10.0 Å². The van der Waals surface area contributed by atoms with E-state index in [-0.39, 0.29) is 11.6 Å². The number of nitrogens with zero attached hydrogens (tertiary/aromatic N) is 1. The van der Waals surface area contributed by atoms with Crippen LogP contribution in [0.3, 0.4) is 0 Å². The molecule has 2 aromatic rings. The van der Waals surface area contributed by atoms with E-state index >= 15 is 0 Å². The van der Waals surface area contributed by atoms with Gasteiger partial charge in [0.05, 0.1) is 14.4 Å². The number of thiophene rings is 1. The number of sulfonamides is 1. The maximum atomic E-state index is 12.8. The molecule has 126 valence electrons. The highest BCUT2D eigenvalue weighted by molar-refractivity contribution is 9.11. The fourth-order valence-corrected chi connectivity index (χ4v) is 5.05. The molecule has 2 rings (SSSR count). The Morgan fingerprint density at radius 1 is 1.26 bits per heavy atom. The summed E-state index contributed by atoms with van der Waals surface area (Å²) in [6, 6.07) is 5.73. The zero-order valence-electron chi connectivity index (χ0n) is 11.6. The van der Waals surface area contributed by atoms with E-state index in [0.29, 0.717) is 6.07 Å². The van der Waals surface area contributed by atoms with Crippen molar-refractivity contribution >= 4 is 48.9 Å². The molecular formula is C13H10BrClF3NO2S2. The van der Waals surface area contributed by atoms with Crippen LogP contribution >= 0.6 is 38.9 Å². The van der Waals surface area contributed by atoms with Crippen LogP contribution in [0.4, 0.5) is 13.2 Å². The van der Waals surface area contributed by atoms with Crippen molar-refractivity contribution in [3.63, 3.8) is 0 Å². The van der Waals surface area contributed by atoms with Crippen molar-refractivity contribution in [1.82, 2.24) is 4.31 Å². The molecule has 0 unspecified atom stereocenters. The van der Waals surface area contributed by atoms with Crippen LogP contribution in [0.15, 0.2) is 39.0 Å². The van der Waals surface area contributed by atoms with Crippen molar-refractivity contribution in [3.05, 3.63) is 49.6 Å². The average molecular weight is 449 g/mol. The van der Waals surface area contributed by atoms with E-state index in [9.17, 15) is 21.6 Å². The largest absolute Gasteiger partial charge is 0.416 e. The second-order valence-corrected chi connectivity index (χ2v) is 9.58. The van der Waals surface area contributed by atoms with E-state index in [1.165, 1.54) is 18.4 Å². The molecule has 0 aliphatic carbocycles.